The van der Waals surface area contributed by atoms with E-state index in [0.29, 0.717) is 0 Å². The fourth-order valence-electron chi connectivity index (χ4n) is 0.741. The molecular weight excluding hydrogens is 215 g/mol. The van der Waals surface area contributed by atoms with Crippen LogP contribution in [0.1, 0.15) is 10.7 Å². The van der Waals surface area contributed by atoms with Gasteiger partial charge < -0.3 is 0 Å². The summed E-state index contributed by atoms with van der Waals surface area (Å²) in [4.78, 5) is 10.4. The summed E-state index contributed by atoms with van der Waals surface area (Å²) in [6.45, 7) is 3.18. The van der Waals surface area contributed by atoms with Gasteiger partial charge in [0.25, 0.3) is 0 Å². The first-order valence-corrected chi connectivity index (χ1v) is 4.33. The van der Waals surface area contributed by atoms with Crippen LogP contribution in [0.3, 0.4) is 0 Å². The van der Waals surface area contributed by atoms with Gasteiger partial charge in [-0.1, -0.05) is 0 Å². The van der Waals surface area contributed by atoms with Crippen molar-refractivity contribution in [2.75, 3.05) is 7.05 Å². The van der Waals surface area contributed by atoms with Crippen LogP contribution in [0.4, 0.5) is 13.2 Å². The summed E-state index contributed by atoms with van der Waals surface area (Å²) in [5.41, 5.74) is -0.928. The first-order chi connectivity index (χ1) is 6.49. The Bertz CT molecular complexity index is 367. The molecule has 0 aromatic carbocycles. The second-order valence-corrected chi connectivity index (χ2v) is 3.10. The number of thiazole rings is 1. The molecular formula is C7H6F3N3S. The van der Waals surface area contributed by atoms with Crippen LogP contribution >= 0.6 is 11.3 Å². The fraction of sp³-hybridized carbons (Fsp3) is 0.286. The average Bonchev–Trinajstić information content (AvgIpc) is 2.54. The summed E-state index contributed by atoms with van der Waals surface area (Å²) in [7, 11) is 1.42. The van der Waals surface area contributed by atoms with Crippen molar-refractivity contribution in [1.82, 2.24) is 4.98 Å². The number of aromatic nitrogens is 1. The van der Waals surface area contributed by atoms with E-state index in [9.17, 15) is 13.2 Å². The summed E-state index contributed by atoms with van der Waals surface area (Å²) in [5.74, 6) is 0.116. The van der Waals surface area contributed by atoms with E-state index in [1.165, 1.54) is 7.05 Å². The van der Waals surface area contributed by atoms with Gasteiger partial charge in [0.05, 0.1) is 0 Å². The monoisotopic (exact) mass is 221 g/mol. The highest BCUT2D eigenvalue weighted by Gasteiger charge is 2.34. The van der Waals surface area contributed by atoms with Crippen LogP contribution in [0.5, 0.6) is 0 Å². The summed E-state index contributed by atoms with van der Waals surface area (Å²) >= 11 is 0.838. The average molecular weight is 221 g/mol. The molecule has 3 nitrogen and oxygen atoms in total. The van der Waals surface area contributed by atoms with Crippen molar-refractivity contribution in [3.05, 3.63) is 16.1 Å². The third kappa shape index (κ3) is 2.16. The van der Waals surface area contributed by atoms with Gasteiger partial charge in [0.15, 0.2) is 16.5 Å². The van der Waals surface area contributed by atoms with Gasteiger partial charge >= 0.3 is 6.18 Å². The van der Waals surface area contributed by atoms with Crippen LogP contribution in [0, 0.1) is 0 Å². The third-order valence-corrected chi connectivity index (χ3v) is 2.19. The van der Waals surface area contributed by atoms with Gasteiger partial charge in [-0.2, -0.15) is 13.2 Å². The molecule has 1 rings (SSSR count). The van der Waals surface area contributed by atoms with Gasteiger partial charge in [-0.25, -0.2) is 9.98 Å². The second-order valence-electron chi connectivity index (χ2n) is 2.24. The van der Waals surface area contributed by atoms with E-state index in [4.69, 9.17) is 0 Å². The zero-order valence-corrected chi connectivity index (χ0v) is 7.98. The van der Waals surface area contributed by atoms with Crippen LogP contribution in [0.2, 0.25) is 0 Å². The van der Waals surface area contributed by atoms with Crippen LogP contribution in [-0.2, 0) is 6.18 Å². The zero-order valence-electron chi connectivity index (χ0n) is 7.17. The predicted molar refractivity (Wildman–Crippen MR) is 49.1 cm³/mol. The normalized spacial score (nSPS) is 13.0. The number of alkyl halides is 3. The molecule has 14 heavy (non-hydrogen) atoms. The Balaban J connectivity index is 3.05. The lowest BCUT2D eigenvalue weighted by Crippen LogP contribution is -2.06. The lowest BCUT2D eigenvalue weighted by atomic mass is 10.5. The number of hydrogen-bond acceptors (Lipinski definition) is 3. The maximum atomic E-state index is 12.1. The molecule has 0 aliphatic heterocycles. The maximum Gasteiger partial charge on any atom is 0.434 e. The van der Waals surface area contributed by atoms with E-state index in [2.05, 4.69) is 21.7 Å². The minimum Gasteiger partial charge on any atom is -0.268 e. The van der Waals surface area contributed by atoms with Gasteiger partial charge in [0.1, 0.15) is 0 Å². The number of amidine groups is 1. The molecule has 76 valence electrons. The molecule has 0 spiro atoms. The van der Waals surface area contributed by atoms with Gasteiger partial charge in [-0.15, -0.1) is 11.3 Å². The predicted octanol–water partition coefficient (Wildman–Crippen LogP) is 2.24. The van der Waals surface area contributed by atoms with E-state index < -0.39 is 11.9 Å². The molecule has 0 aliphatic carbocycles. The molecule has 0 radical (unpaired) electrons. The molecule has 0 bridgehead atoms. The Hall–Kier alpha value is -1.24. The molecule has 0 N–H and O–H groups in total. The second kappa shape index (κ2) is 3.87. The van der Waals surface area contributed by atoms with Crippen LogP contribution in [0.25, 0.3) is 0 Å². The number of hydrogen-bond donors (Lipinski definition) is 0. The Morgan fingerprint density at radius 1 is 1.57 bits per heavy atom. The molecule has 1 heterocycles. The molecule has 0 atom stereocenters. The van der Waals surface area contributed by atoms with E-state index in [1.807, 2.05) is 0 Å². The molecule has 0 aliphatic rings. The van der Waals surface area contributed by atoms with Crippen molar-refractivity contribution in [3.63, 3.8) is 0 Å². The quantitative estimate of drug-likeness (QED) is 0.529. The molecule has 0 saturated heterocycles. The number of nitrogens with zero attached hydrogens (tertiary/aromatic N) is 3. The minimum absolute atomic E-state index is 0.116. The minimum atomic E-state index is -4.42. The summed E-state index contributed by atoms with van der Waals surface area (Å²) in [6.07, 6.45) is -4.42. The number of halogens is 3. The molecule has 1 aromatic heterocycles. The van der Waals surface area contributed by atoms with Crippen LogP contribution in [0.15, 0.2) is 15.4 Å². The molecule has 0 fully saturated rings. The molecule has 0 amide bonds. The first-order valence-electron chi connectivity index (χ1n) is 3.45. The standard InChI is InChI=1S/C7H6F3N3S/c1-11-5(12-2)6-13-4(3-14-6)7(8,9)10/h3H,1H2,2H3. The summed E-state index contributed by atoms with van der Waals surface area (Å²) < 4.78 is 36.4. The van der Waals surface area contributed by atoms with E-state index >= 15 is 0 Å². The van der Waals surface area contributed by atoms with Crippen molar-refractivity contribution in [1.29, 1.82) is 0 Å². The molecule has 7 heteroatoms. The highest BCUT2D eigenvalue weighted by atomic mass is 32.1. The van der Waals surface area contributed by atoms with E-state index in [0.717, 1.165) is 16.7 Å². The van der Waals surface area contributed by atoms with Crippen molar-refractivity contribution in [2.45, 2.75) is 6.18 Å². The van der Waals surface area contributed by atoms with Gasteiger partial charge in [0.2, 0.25) is 0 Å². The van der Waals surface area contributed by atoms with Gasteiger partial charge in [-0.05, 0) is 6.72 Å². The Kier molecular flexibility index (Phi) is 3.00. The van der Waals surface area contributed by atoms with Gasteiger partial charge in [0, 0.05) is 12.4 Å². The van der Waals surface area contributed by atoms with Gasteiger partial charge in [-0.3, -0.25) is 4.99 Å². The van der Waals surface area contributed by atoms with Crippen molar-refractivity contribution < 1.29 is 13.2 Å². The number of aliphatic imine (C=N–C) groups is 2. The zero-order chi connectivity index (χ0) is 10.8. The Labute approximate surface area is 82.0 Å². The lowest BCUT2D eigenvalue weighted by Gasteiger charge is -1.99. The number of rotatable bonds is 1. The Morgan fingerprint density at radius 2 is 2.21 bits per heavy atom. The highest BCUT2D eigenvalue weighted by Crippen LogP contribution is 2.30. The van der Waals surface area contributed by atoms with Crippen molar-refractivity contribution in [3.8, 4) is 0 Å². The fourth-order valence-corrected chi connectivity index (χ4v) is 1.56. The lowest BCUT2D eigenvalue weighted by molar-refractivity contribution is -0.140. The first kappa shape index (κ1) is 10.8. The summed E-state index contributed by atoms with van der Waals surface area (Å²) in [6, 6.07) is 0. The van der Waals surface area contributed by atoms with Crippen molar-refractivity contribution >= 4 is 23.9 Å². The molecule has 0 unspecified atom stereocenters. The summed E-state index contributed by atoms with van der Waals surface area (Å²) in [5, 5.41) is 1.04. The highest BCUT2D eigenvalue weighted by molar-refractivity contribution is 7.11. The third-order valence-electron chi connectivity index (χ3n) is 1.35. The maximum absolute atomic E-state index is 12.1. The van der Waals surface area contributed by atoms with Crippen molar-refractivity contribution in [2.24, 2.45) is 9.98 Å². The topological polar surface area (TPSA) is 37.6 Å². The van der Waals surface area contributed by atoms with E-state index in [-0.39, 0.29) is 10.8 Å². The SMILES string of the molecule is C=NC(=NC)c1nc(C(F)(F)F)cs1. The Morgan fingerprint density at radius 3 is 2.57 bits per heavy atom. The van der Waals surface area contributed by atoms with Crippen LogP contribution in [-0.4, -0.2) is 24.6 Å². The van der Waals surface area contributed by atoms with Crippen LogP contribution < -0.4 is 0 Å². The molecule has 1 aromatic rings. The largest absolute Gasteiger partial charge is 0.434 e. The smallest absolute Gasteiger partial charge is 0.268 e. The van der Waals surface area contributed by atoms with E-state index in [1.54, 1.807) is 0 Å². The molecule has 0 saturated carbocycles.